The van der Waals surface area contributed by atoms with Gasteiger partial charge in [0, 0.05) is 12.2 Å². The van der Waals surface area contributed by atoms with Gasteiger partial charge in [-0.3, -0.25) is 19.0 Å². The summed E-state index contributed by atoms with van der Waals surface area (Å²) in [5.74, 6) is -0.625. The second kappa shape index (κ2) is 10.7. The molecule has 35 heavy (non-hydrogen) atoms. The maximum Gasteiger partial charge on any atom is 0.338 e. The summed E-state index contributed by atoms with van der Waals surface area (Å²) >= 11 is 0. The van der Waals surface area contributed by atoms with E-state index in [0.717, 1.165) is 21.4 Å². The van der Waals surface area contributed by atoms with E-state index in [1.54, 1.807) is 26.0 Å². The first-order valence-electron chi connectivity index (χ1n) is 12.0. The van der Waals surface area contributed by atoms with Crippen LogP contribution in [0, 0.1) is 0 Å². The number of nitrogens with one attached hydrogen (secondary N) is 1. The Morgan fingerprint density at radius 3 is 2.03 bits per heavy atom. The normalized spacial score (nSPS) is 11.3. The number of aryl methyl sites for hydroxylation is 1. The van der Waals surface area contributed by atoms with Crippen LogP contribution in [-0.4, -0.2) is 27.6 Å². The minimum absolute atomic E-state index is 0.174. The summed E-state index contributed by atoms with van der Waals surface area (Å²) in [4.78, 5) is 51.4. The quantitative estimate of drug-likeness (QED) is 0.385. The minimum Gasteiger partial charge on any atom is -0.462 e. The molecule has 0 atom stereocenters. The summed E-state index contributed by atoms with van der Waals surface area (Å²) in [7, 11) is 0. The van der Waals surface area contributed by atoms with Crippen molar-refractivity contribution in [3.8, 4) is 0 Å². The lowest BCUT2D eigenvalue weighted by Gasteiger charge is -2.21. The van der Waals surface area contributed by atoms with Crippen LogP contribution in [0.1, 0.15) is 74.9 Å². The Kier molecular flexibility index (Phi) is 7.94. The van der Waals surface area contributed by atoms with Crippen molar-refractivity contribution in [2.75, 3.05) is 11.9 Å². The van der Waals surface area contributed by atoms with Gasteiger partial charge in [-0.05, 0) is 55.0 Å². The summed E-state index contributed by atoms with van der Waals surface area (Å²) < 4.78 is 7.56. The van der Waals surface area contributed by atoms with Crippen LogP contribution in [0.4, 0.5) is 5.69 Å². The van der Waals surface area contributed by atoms with Crippen molar-refractivity contribution >= 4 is 28.6 Å². The summed E-state index contributed by atoms with van der Waals surface area (Å²) in [5, 5.41) is 2.99. The summed E-state index contributed by atoms with van der Waals surface area (Å²) in [6.45, 7) is 11.8. The predicted octanol–water partition coefficient (Wildman–Crippen LogP) is 4.25. The first-order valence-corrected chi connectivity index (χ1v) is 12.0. The highest BCUT2D eigenvalue weighted by Crippen LogP contribution is 2.32. The molecule has 0 aliphatic heterocycles. The summed E-state index contributed by atoms with van der Waals surface area (Å²) in [6, 6.07) is 10.6. The maximum absolute atomic E-state index is 13.2. The molecule has 1 heterocycles. The molecule has 0 saturated heterocycles. The number of ether oxygens (including phenoxy) is 1. The number of anilines is 1. The lowest BCUT2D eigenvalue weighted by Crippen LogP contribution is -2.43. The van der Waals surface area contributed by atoms with Crippen LogP contribution in [0.15, 0.2) is 46.0 Å². The van der Waals surface area contributed by atoms with E-state index in [-0.39, 0.29) is 37.1 Å². The highest BCUT2D eigenvalue weighted by atomic mass is 16.5. The van der Waals surface area contributed by atoms with Gasteiger partial charge >= 0.3 is 17.1 Å². The number of carbonyl (C=O) groups is 2. The molecule has 3 aromatic rings. The topological polar surface area (TPSA) is 99.4 Å². The van der Waals surface area contributed by atoms with Crippen LogP contribution >= 0.6 is 0 Å². The Morgan fingerprint density at radius 1 is 0.886 bits per heavy atom. The van der Waals surface area contributed by atoms with Crippen molar-refractivity contribution < 1.29 is 14.3 Å². The van der Waals surface area contributed by atoms with Crippen LogP contribution in [-0.2, 0) is 22.6 Å². The molecule has 2 aromatic carbocycles. The highest BCUT2D eigenvalue weighted by molar-refractivity contribution is 5.95. The number of benzene rings is 2. The monoisotopic (exact) mass is 479 g/mol. The molecule has 0 saturated carbocycles. The zero-order chi connectivity index (χ0) is 25.9. The van der Waals surface area contributed by atoms with Crippen molar-refractivity contribution in [2.45, 2.75) is 66.5 Å². The van der Waals surface area contributed by atoms with Crippen molar-refractivity contribution in [1.82, 2.24) is 9.13 Å². The van der Waals surface area contributed by atoms with E-state index >= 15 is 0 Å². The molecule has 186 valence electrons. The number of carbonyl (C=O) groups excluding carboxylic acids is 2. The molecule has 0 bridgehead atoms. The second-order valence-electron chi connectivity index (χ2n) is 9.03. The number of para-hydroxylation sites is 1. The molecule has 1 amide bonds. The van der Waals surface area contributed by atoms with E-state index in [0.29, 0.717) is 11.0 Å². The zero-order valence-corrected chi connectivity index (χ0v) is 21.2. The van der Waals surface area contributed by atoms with Crippen molar-refractivity contribution in [2.24, 2.45) is 0 Å². The predicted molar refractivity (Wildman–Crippen MR) is 137 cm³/mol. The summed E-state index contributed by atoms with van der Waals surface area (Å²) in [6.07, 6.45) is 0. The molecule has 8 heteroatoms. The number of hydrogen-bond donors (Lipinski definition) is 1. The standard InChI is InChI=1S/C27H33N3O5/c1-7-29-21-13-12-18(27(34)35-8-2)14-22(21)30(26(33)25(29)32)15-23(31)28-24-19(16(3)4)10-9-11-20(24)17(5)6/h9-14,16-17H,7-8,15H2,1-6H3,(H,28,31). The van der Waals surface area contributed by atoms with E-state index in [2.05, 4.69) is 33.0 Å². The van der Waals surface area contributed by atoms with Crippen LogP contribution in [0.25, 0.3) is 11.0 Å². The van der Waals surface area contributed by atoms with Crippen LogP contribution in [0.2, 0.25) is 0 Å². The fourth-order valence-corrected chi connectivity index (χ4v) is 4.25. The van der Waals surface area contributed by atoms with Gasteiger partial charge in [0.15, 0.2) is 0 Å². The first kappa shape index (κ1) is 25.9. The largest absolute Gasteiger partial charge is 0.462 e. The number of amides is 1. The number of aromatic nitrogens is 2. The molecule has 0 radical (unpaired) electrons. The third-order valence-corrected chi connectivity index (χ3v) is 6.00. The molecule has 3 rings (SSSR count). The van der Waals surface area contributed by atoms with Crippen LogP contribution < -0.4 is 16.4 Å². The molecule has 0 spiro atoms. The van der Waals surface area contributed by atoms with Crippen molar-refractivity contribution in [3.63, 3.8) is 0 Å². The van der Waals surface area contributed by atoms with Crippen LogP contribution in [0.5, 0.6) is 0 Å². The van der Waals surface area contributed by atoms with Crippen molar-refractivity contribution in [3.05, 3.63) is 73.8 Å². The summed E-state index contributed by atoms with van der Waals surface area (Å²) in [5.41, 5.74) is 2.19. The molecule has 1 aromatic heterocycles. The average molecular weight is 480 g/mol. The first-order chi connectivity index (χ1) is 16.6. The number of rotatable bonds is 8. The molecule has 0 aliphatic carbocycles. The van der Waals surface area contributed by atoms with Gasteiger partial charge in [0.05, 0.1) is 23.2 Å². The van der Waals surface area contributed by atoms with E-state index in [4.69, 9.17) is 4.74 Å². The minimum atomic E-state index is -0.822. The Morgan fingerprint density at radius 2 is 1.49 bits per heavy atom. The fraction of sp³-hybridized carbons (Fsp3) is 0.407. The van der Waals surface area contributed by atoms with Gasteiger partial charge in [0.25, 0.3) is 0 Å². The molecular formula is C27H33N3O5. The van der Waals surface area contributed by atoms with Gasteiger partial charge in [-0.2, -0.15) is 0 Å². The number of esters is 1. The van der Waals surface area contributed by atoms with Crippen LogP contribution in [0.3, 0.4) is 0 Å². The van der Waals surface area contributed by atoms with E-state index in [9.17, 15) is 19.2 Å². The SMILES string of the molecule is CCOC(=O)c1ccc2c(c1)n(CC(=O)Nc1c(C(C)C)cccc1C(C)C)c(=O)c(=O)n2CC. The second-order valence-corrected chi connectivity index (χ2v) is 9.03. The number of nitrogens with zero attached hydrogens (tertiary/aromatic N) is 2. The van der Waals surface area contributed by atoms with Crippen molar-refractivity contribution in [1.29, 1.82) is 0 Å². The van der Waals surface area contributed by atoms with Gasteiger partial charge in [-0.15, -0.1) is 0 Å². The molecule has 8 nitrogen and oxygen atoms in total. The number of hydrogen-bond acceptors (Lipinski definition) is 5. The Balaban J connectivity index is 2.12. The molecule has 0 unspecified atom stereocenters. The smallest absolute Gasteiger partial charge is 0.338 e. The Hall–Kier alpha value is -3.68. The lowest BCUT2D eigenvalue weighted by atomic mass is 9.92. The number of fused-ring (bicyclic) bond motifs is 1. The fourth-order valence-electron chi connectivity index (χ4n) is 4.25. The van der Waals surface area contributed by atoms with Gasteiger partial charge in [0.2, 0.25) is 5.91 Å². The van der Waals surface area contributed by atoms with E-state index in [1.165, 1.54) is 10.6 Å². The molecular weight excluding hydrogens is 446 g/mol. The van der Waals surface area contributed by atoms with Gasteiger partial charge in [0.1, 0.15) is 6.54 Å². The third kappa shape index (κ3) is 5.21. The average Bonchev–Trinajstić information content (AvgIpc) is 2.82. The van der Waals surface area contributed by atoms with Gasteiger partial charge in [-0.1, -0.05) is 45.9 Å². The van der Waals surface area contributed by atoms with Gasteiger partial charge in [-0.25, -0.2) is 4.79 Å². The third-order valence-electron chi connectivity index (χ3n) is 6.00. The molecule has 0 aliphatic rings. The Labute approximate surface area is 204 Å². The maximum atomic E-state index is 13.2. The molecule has 0 fully saturated rings. The zero-order valence-electron chi connectivity index (χ0n) is 21.2. The lowest BCUT2D eigenvalue weighted by molar-refractivity contribution is -0.116. The molecule has 1 N–H and O–H groups in total. The van der Waals surface area contributed by atoms with E-state index in [1.807, 2.05) is 18.2 Å². The Bertz CT molecular complexity index is 1360. The van der Waals surface area contributed by atoms with E-state index < -0.39 is 23.0 Å². The highest BCUT2D eigenvalue weighted by Gasteiger charge is 2.20. The van der Waals surface area contributed by atoms with Gasteiger partial charge < -0.3 is 14.6 Å².